The molecular weight excluding hydrogens is 388 g/mol. The first-order valence-corrected chi connectivity index (χ1v) is 8.91. The molecule has 0 saturated carbocycles. The van der Waals surface area contributed by atoms with Crippen LogP contribution in [-0.2, 0) is 19.2 Å². The minimum atomic E-state index is -1.33. The number of Topliss-reactive ketones (excluding diaryl/α,β-unsaturated/α-hetero) is 2. The maximum atomic E-state index is 12.5. The third kappa shape index (κ3) is 3.97. The number of rotatable bonds is 4. The minimum Gasteiger partial charge on any atom is -0.503 e. The van der Waals surface area contributed by atoms with Crippen LogP contribution in [0.5, 0.6) is 0 Å². The summed E-state index contributed by atoms with van der Waals surface area (Å²) < 4.78 is 0. The minimum absolute atomic E-state index is 0.326. The smallest absolute Gasteiger partial charge is 0.263 e. The number of carbonyl (C=O) groups is 4. The maximum Gasteiger partial charge on any atom is 0.263 e. The Morgan fingerprint density at radius 1 is 0.700 bits per heavy atom. The van der Waals surface area contributed by atoms with Gasteiger partial charge in [-0.1, -0.05) is 24.3 Å². The third-order valence-electron chi connectivity index (χ3n) is 4.36. The van der Waals surface area contributed by atoms with Crippen LogP contribution in [0.4, 0.5) is 11.4 Å². The Hall–Kier alpha value is -4.20. The number of aryl methyl sites for hydroxylation is 2. The summed E-state index contributed by atoms with van der Waals surface area (Å²) in [4.78, 5) is 49.9. The molecule has 2 aromatic rings. The van der Waals surface area contributed by atoms with Crippen molar-refractivity contribution >= 4 is 34.8 Å². The summed E-state index contributed by atoms with van der Waals surface area (Å²) in [5, 5.41) is 25.1. The molecule has 0 radical (unpaired) electrons. The Morgan fingerprint density at radius 2 is 1.07 bits per heavy atom. The normalized spacial score (nSPS) is 14.1. The van der Waals surface area contributed by atoms with E-state index in [2.05, 4.69) is 10.6 Å². The quantitative estimate of drug-likeness (QED) is 0.456. The molecule has 2 amide bonds. The molecule has 1 aliphatic carbocycles. The number of hydrogen-bond donors (Lipinski definition) is 4. The number of carbonyl (C=O) groups excluding carboxylic acids is 4. The van der Waals surface area contributed by atoms with E-state index in [-0.39, 0.29) is 0 Å². The zero-order valence-corrected chi connectivity index (χ0v) is 16.1. The zero-order chi connectivity index (χ0) is 22.0. The number of aliphatic hydroxyl groups excluding tert-OH is 2. The summed E-state index contributed by atoms with van der Waals surface area (Å²) in [7, 11) is 0. The van der Waals surface area contributed by atoms with Crippen LogP contribution in [0.3, 0.4) is 0 Å². The highest BCUT2D eigenvalue weighted by molar-refractivity contribution is 6.41. The highest BCUT2D eigenvalue weighted by atomic mass is 16.3. The summed E-state index contributed by atoms with van der Waals surface area (Å²) in [5.41, 5.74) is 0.432. The number of benzene rings is 2. The van der Waals surface area contributed by atoms with E-state index < -0.39 is 46.0 Å². The summed E-state index contributed by atoms with van der Waals surface area (Å²) in [6.07, 6.45) is 0. The number of anilines is 2. The molecule has 3 rings (SSSR count). The fourth-order valence-corrected chi connectivity index (χ4v) is 2.93. The van der Waals surface area contributed by atoms with Gasteiger partial charge in [0.05, 0.1) is 0 Å². The third-order valence-corrected chi connectivity index (χ3v) is 4.36. The highest BCUT2D eigenvalue weighted by Gasteiger charge is 2.41. The first-order valence-electron chi connectivity index (χ1n) is 8.91. The van der Waals surface area contributed by atoms with Crippen molar-refractivity contribution in [3.05, 3.63) is 82.3 Å². The predicted molar refractivity (Wildman–Crippen MR) is 109 cm³/mol. The van der Waals surface area contributed by atoms with Gasteiger partial charge in [0.25, 0.3) is 11.8 Å². The van der Waals surface area contributed by atoms with E-state index in [1.54, 1.807) is 62.4 Å². The van der Waals surface area contributed by atoms with Gasteiger partial charge in [0.2, 0.25) is 11.6 Å². The molecule has 0 atom stereocenters. The average Bonchev–Trinajstić information content (AvgIpc) is 2.67. The molecule has 8 heteroatoms. The monoisotopic (exact) mass is 406 g/mol. The van der Waals surface area contributed by atoms with Crippen LogP contribution < -0.4 is 10.6 Å². The molecule has 8 nitrogen and oxygen atoms in total. The number of amides is 2. The van der Waals surface area contributed by atoms with Gasteiger partial charge < -0.3 is 20.8 Å². The Kier molecular flexibility index (Phi) is 5.50. The first kappa shape index (κ1) is 20.5. The number of ketones is 2. The van der Waals surface area contributed by atoms with Crippen molar-refractivity contribution in [2.45, 2.75) is 13.8 Å². The Morgan fingerprint density at radius 3 is 1.40 bits per heavy atom. The Balaban J connectivity index is 1.88. The van der Waals surface area contributed by atoms with E-state index in [1.807, 2.05) is 0 Å². The van der Waals surface area contributed by atoms with Gasteiger partial charge in [-0.05, 0) is 49.2 Å². The van der Waals surface area contributed by atoms with Gasteiger partial charge in [-0.15, -0.1) is 0 Å². The van der Waals surface area contributed by atoms with Crippen LogP contribution in [0.25, 0.3) is 0 Å². The molecule has 0 bridgehead atoms. The van der Waals surface area contributed by atoms with Crippen molar-refractivity contribution in [3.8, 4) is 0 Å². The summed E-state index contributed by atoms with van der Waals surface area (Å²) in [5.74, 6) is -7.24. The van der Waals surface area contributed by atoms with Gasteiger partial charge in [0.1, 0.15) is 11.1 Å². The zero-order valence-electron chi connectivity index (χ0n) is 16.1. The second-order valence-electron chi connectivity index (χ2n) is 6.75. The van der Waals surface area contributed by atoms with Crippen molar-refractivity contribution < 1.29 is 29.4 Å². The molecule has 0 fully saturated rings. The first-order chi connectivity index (χ1) is 14.2. The topological polar surface area (TPSA) is 133 Å². The SMILES string of the molecule is Cc1cccc(NC(=O)C2=C(O)C(=O)C(C(=O)Nc3cccc(C)c3)=C(O)C2=O)c1. The lowest BCUT2D eigenvalue weighted by Gasteiger charge is -2.17. The molecule has 0 spiro atoms. The molecule has 152 valence electrons. The molecular formula is C22H18N2O6. The van der Waals surface area contributed by atoms with E-state index in [1.165, 1.54) is 0 Å². The van der Waals surface area contributed by atoms with Gasteiger partial charge in [0, 0.05) is 11.4 Å². The van der Waals surface area contributed by atoms with E-state index in [9.17, 15) is 29.4 Å². The maximum absolute atomic E-state index is 12.5. The number of allylic oxidation sites excluding steroid dienone is 2. The molecule has 1 aliphatic rings. The molecule has 0 heterocycles. The van der Waals surface area contributed by atoms with E-state index >= 15 is 0 Å². The summed E-state index contributed by atoms with van der Waals surface area (Å²) >= 11 is 0. The fraction of sp³-hybridized carbons (Fsp3) is 0.0909. The molecule has 30 heavy (non-hydrogen) atoms. The summed E-state index contributed by atoms with van der Waals surface area (Å²) in [6.45, 7) is 3.57. The predicted octanol–water partition coefficient (Wildman–Crippen LogP) is 2.66. The van der Waals surface area contributed by atoms with Crippen LogP contribution in [0, 0.1) is 13.8 Å². The lowest BCUT2D eigenvalue weighted by molar-refractivity contribution is -0.126. The number of aliphatic hydroxyl groups is 2. The van der Waals surface area contributed by atoms with Crippen molar-refractivity contribution in [1.82, 2.24) is 0 Å². The van der Waals surface area contributed by atoms with Crippen LogP contribution in [0.15, 0.2) is 71.2 Å². The molecule has 0 unspecified atom stereocenters. The molecule has 0 saturated heterocycles. The standard InChI is InChI=1S/C22H18N2O6/c1-11-5-3-7-13(9-11)23-21(29)15-17(25)19(27)16(20(28)18(15)26)22(30)24-14-8-4-6-12(2)10-14/h3-10,25,28H,1-2H3,(H,23,29)(H,24,30). The van der Waals surface area contributed by atoms with Gasteiger partial charge in [-0.2, -0.15) is 0 Å². The average molecular weight is 406 g/mol. The van der Waals surface area contributed by atoms with Gasteiger partial charge in [-0.25, -0.2) is 0 Å². The van der Waals surface area contributed by atoms with Gasteiger partial charge in [-0.3, -0.25) is 19.2 Å². The van der Waals surface area contributed by atoms with E-state index in [0.717, 1.165) is 11.1 Å². The summed E-state index contributed by atoms with van der Waals surface area (Å²) in [6, 6.07) is 13.2. The molecule has 4 N–H and O–H groups in total. The van der Waals surface area contributed by atoms with E-state index in [4.69, 9.17) is 0 Å². The largest absolute Gasteiger partial charge is 0.503 e. The van der Waals surface area contributed by atoms with Crippen LogP contribution in [-0.4, -0.2) is 33.6 Å². The second kappa shape index (κ2) is 8.04. The van der Waals surface area contributed by atoms with Crippen molar-refractivity contribution in [3.63, 3.8) is 0 Å². The Bertz CT molecular complexity index is 1070. The lowest BCUT2D eigenvalue weighted by Crippen LogP contribution is -2.35. The molecule has 0 aliphatic heterocycles. The van der Waals surface area contributed by atoms with E-state index in [0.29, 0.717) is 11.4 Å². The van der Waals surface area contributed by atoms with Crippen LogP contribution in [0.2, 0.25) is 0 Å². The second-order valence-corrected chi connectivity index (χ2v) is 6.75. The fourth-order valence-electron chi connectivity index (χ4n) is 2.93. The van der Waals surface area contributed by atoms with Crippen molar-refractivity contribution in [2.75, 3.05) is 10.6 Å². The lowest BCUT2D eigenvalue weighted by atomic mass is 9.92. The van der Waals surface area contributed by atoms with Gasteiger partial charge >= 0.3 is 0 Å². The van der Waals surface area contributed by atoms with Crippen molar-refractivity contribution in [2.24, 2.45) is 0 Å². The van der Waals surface area contributed by atoms with Crippen LogP contribution >= 0.6 is 0 Å². The molecule has 2 aromatic carbocycles. The number of nitrogens with one attached hydrogen (secondary N) is 2. The van der Waals surface area contributed by atoms with Gasteiger partial charge in [0.15, 0.2) is 11.5 Å². The van der Waals surface area contributed by atoms with Crippen LogP contribution in [0.1, 0.15) is 11.1 Å². The van der Waals surface area contributed by atoms with Crippen molar-refractivity contribution in [1.29, 1.82) is 0 Å². The molecule has 0 aromatic heterocycles. The Labute approximate surface area is 171 Å². The number of hydrogen-bond acceptors (Lipinski definition) is 6. The highest BCUT2D eigenvalue weighted by Crippen LogP contribution is 2.25.